The van der Waals surface area contributed by atoms with Crippen molar-refractivity contribution in [2.75, 3.05) is 13.7 Å². The van der Waals surface area contributed by atoms with Gasteiger partial charge in [0, 0.05) is 5.56 Å². The van der Waals surface area contributed by atoms with Crippen LogP contribution in [0.2, 0.25) is 5.02 Å². The molecule has 0 saturated carbocycles. The van der Waals surface area contributed by atoms with Gasteiger partial charge in [-0.1, -0.05) is 11.6 Å². The average molecular weight is 339 g/mol. The molecular weight excluding hydrogens is 324 g/mol. The van der Waals surface area contributed by atoms with Gasteiger partial charge < -0.3 is 18.6 Å². The molecule has 2 rings (SSSR count). The molecule has 7 heteroatoms. The van der Waals surface area contributed by atoms with Crippen LogP contribution in [0.1, 0.15) is 33.6 Å². The number of halogens is 1. The van der Waals surface area contributed by atoms with Crippen molar-refractivity contribution in [3.05, 3.63) is 46.4 Å². The van der Waals surface area contributed by atoms with Gasteiger partial charge in [0.15, 0.2) is 11.5 Å². The third kappa shape index (κ3) is 4.04. The summed E-state index contributed by atoms with van der Waals surface area (Å²) in [4.78, 5) is 22.3. The molecule has 0 spiro atoms. The molecule has 1 heterocycles. The second-order valence-electron chi connectivity index (χ2n) is 4.43. The van der Waals surface area contributed by atoms with E-state index >= 15 is 0 Å². The van der Waals surface area contributed by atoms with Crippen molar-refractivity contribution in [2.45, 2.75) is 13.5 Å². The third-order valence-electron chi connectivity index (χ3n) is 2.88. The van der Waals surface area contributed by atoms with Crippen molar-refractivity contribution in [2.24, 2.45) is 0 Å². The molecule has 23 heavy (non-hydrogen) atoms. The summed E-state index contributed by atoms with van der Waals surface area (Å²) in [6.45, 7) is 2.01. The number of aldehydes is 1. The Labute approximate surface area is 137 Å². The molecule has 0 aliphatic heterocycles. The Bertz CT molecular complexity index is 707. The molecule has 1 aromatic heterocycles. The second kappa shape index (κ2) is 7.69. The van der Waals surface area contributed by atoms with Crippen LogP contribution >= 0.6 is 11.6 Å². The number of benzene rings is 1. The zero-order valence-electron chi connectivity index (χ0n) is 12.6. The molecule has 0 atom stereocenters. The molecule has 0 aliphatic rings. The number of hydrogen-bond acceptors (Lipinski definition) is 6. The number of furan rings is 1. The predicted octanol–water partition coefficient (Wildman–Crippen LogP) is 3.51. The summed E-state index contributed by atoms with van der Waals surface area (Å²) in [5, 5.41) is 0.239. The number of ether oxygens (including phenoxy) is 3. The van der Waals surface area contributed by atoms with Gasteiger partial charge in [-0.3, -0.25) is 4.79 Å². The summed E-state index contributed by atoms with van der Waals surface area (Å²) in [5.74, 6) is 0.598. The minimum Gasteiger partial charge on any atom is -0.493 e. The van der Waals surface area contributed by atoms with E-state index in [4.69, 9.17) is 30.2 Å². The number of carbonyl (C=O) groups is 2. The van der Waals surface area contributed by atoms with Crippen molar-refractivity contribution >= 4 is 23.9 Å². The van der Waals surface area contributed by atoms with Crippen LogP contribution in [0.25, 0.3) is 0 Å². The summed E-state index contributed by atoms with van der Waals surface area (Å²) < 4.78 is 20.9. The zero-order valence-corrected chi connectivity index (χ0v) is 13.4. The van der Waals surface area contributed by atoms with Crippen molar-refractivity contribution in [1.82, 2.24) is 0 Å². The number of carbonyl (C=O) groups excluding carboxylic acids is 2. The largest absolute Gasteiger partial charge is 0.493 e. The topological polar surface area (TPSA) is 75.0 Å². The third-order valence-corrected chi connectivity index (χ3v) is 3.17. The number of esters is 1. The maximum Gasteiger partial charge on any atom is 0.374 e. The van der Waals surface area contributed by atoms with Crippen LogP contribution in [0.4, 0.5) is 0 Å². The fourth-order valence-corrected chi connectivity index (χ4v) is 2.13. The Morgan fingerprint density at radius 3 is 2.78 bits per heavy atom. The van der Waals surface area contributed by atoms with Gasteiger partial charge in [-0.05, 0) is 31.2 Å². The van der Waals surface area contributed by atoms with E-state index in [9.17, 15) is 9.59 Å². The summed E-state index contributed by atoms with van der Waals surface area (Å²) in [6.07, 6.45) is 0.663. The lowest BCUT2D eigenvalue weighted by Crippen LogP contribution is -2.03. The predicted molar refractivity (Wildman–Crippen MR) is 82.4 cm³/mol. The first-order valence-corrected chi connectivity index (χ1v) is 7.18. The Morgan fingerprint density at radius 1 is 1.35 bits per heavy atom. The minimum absolute atomic E-state index is 0.0376. The van der Waals surface area contributed by atoms with E-state index in [-0.39, 0.29) is 29.7 Å². The normalized spacial score (nSPS) is 10.2. The molecule has 0 bridgehead atoms. The van der Waals surface area contributed by atoms with Crippen LogP contribution in [0, 0.1) is 0 Å². The van der Waals surface area contributed by atoms with E-state index < -0.39 is 5.97 Å². The Kier molecular flexibility index (Phi) is 5.65. The quantitative estimate of drug-likeness (QED) is 0.568. The summed E-state index contributed by atoms with van der Waals surface area (Å²) >= 11 is 6.09. The van der Waals surface area contributed by atoms with Crippen molar-refractivity contribution < 1.29 is 28.2 Å². The van der Waals surface area contributed by atoms with Crippen molar-refractivity contribution in [1.29, 1.82) is 0 Å². The fourth-order valence-electron chi connectivity index (χ4n) is 1.86. The van der Waals surface area contributed by atoms with Crippen LogP contribution < -0.4 is 9.47 Å². The lowest BCUT2D eigenvalue weighted by atomic mass is 10.2. The fraction of sp³-hybridized carbons (Fsp3) is 0.250. The standard InChI is InChI=1S/C16H15ClO6/c1-3-21-16(19)13-5-4-11(23-13)9-22-15-12(17)6-10(8-18)7-14(15)20-2/h4-8H,3,9H2,1-2H3. The van der Waals surface area contributed by atoms with E-state index in [1.165, 1.54) is 25.3 Å². The minimum atomic E-state index is -0.537. The maximum atomic E-state index is 11.5. The number of hydrogen-bond donors (Lipinski definition) is 0. The first-order chi connectivity index (χ1) is 11.1. The molecule has 122 valence electrons. The highest BCUT2D eigenvalue weighted by molar-refractivity contribution is 6.32. The van der Waals surface area contributed by atoms with Crippen LogP contribution in [0.5, 0.6) is 11.5 Å². The van der Waals surface area contributed by atoms with Gasteiger partial charge in [0.05, 0.1) is 18.7 Å². The van der Waals surface area contributed by atoms with E-state index in [0.717, 1.165) is 0 Å². The van der Waals surface area contributed by atoms with Gasteiger partial charge in [0.25, 0.3) is 0 Å². The molecule has 0 amide bonds. The number of rotatable bonds is 7. The first kappa shape index (κ1) is 16.9. The summed E-state index contributed by atoms with van der Waals surface area (Å²) in [5.41, 5.74) is 0.377. The Morgan fingerprint density at radius 2 is 2.13 bits per heavy atom. The lowest BCUT2D eigenvalue weighted by Gasteiger charge is -2.12. The van der Waals surface area contributed by atoms with Gasteiger partial charge in [0.2, 0.25) is 5.76 Å². The van der Waals surface area contributed by atoms with E-state index in [2.05, 4.69) is 0 Å². The van der Waals surface area contributed by atoms with Crippen LogP contribution in [0.3, 0.4) is 0 Å². The molecule has 1 aromatic carbocycles. The molecular formula is C16H15ClO6. The SMILES string of the molecule is CCOC(=O)c1ccc(COc2c(Cl)cc(C=O)cc2OC)o1. The van der Waals surface area contributed by atoms with E-state index in [0.29, 0.717) is 23.4 Å². The Hall–Kier alpha value is -2.47. The second-order valence-corrected chi connectivity index (χ2v) is 4.83. The van der Waals surface area contributed by atoms with Crippen LogP contribution in [-0.2, 0) is 11.3 Å². The van der Waals surface area contributed by atoms with Crippen molar-refractivity contribution in [3.63, 3.8) is 0 Å². The molecule has 0 fully saturated rings. The van der Waals surface area contributed by atoms with Crippen LogP contribution in [0.15, 0.2) is 28.7 Å². The van der Waals surface area contributed by atoms with Gasteiger partial charge in [-0.15, -0.1) is 0 Å². The monoisotopic (exact) mass is 338 g/mol. The highest BCUT2D eigenvalue weighted by Crippen LogP contribution is 2.36. The molecule has 0 saturated heterocycles. The smallest absolute Gasteiger partial charge is 0.374 e. The molecule has 0 N–H and O–H groups in total. The zero-order chi connectivity index (χ0) is 16.8. The highest BCUT2D eigenvalue weighted by Gasteiger charge is 2.15. The molecule has 0 unspecified atom stereocenters. The molecule has 2 aromatic rings. The average Bonchev–Trinajstić information content (AvgIpc) is 3.02. The molecule has 6 nitrogen and oxygen atoms in total. The highest BCUT2D eigenvalue weighted by atomic mass is 35.5. The Balaban J connectivity index is 2.12. The lowest BCUT2D eigenvalue weighted by molar-refractivity contribution is 0.0486. The maximum absolute atomic E-state index is 11.5. The first-order valence-electron chi connectivity index (χ1n) is 6.80. The van der Waals surface area contributed by atoms with Crippen LogP contribution in [-0.4, -0.2) is 26.0 Å². The summed E-state index contributed by atoms with van der Waals surface area (Å²) in [7, 11) is 1.44. The van der Waals surface area contributed by atoms with Crippen molar-refractivity contribution in [3.8, 4) is 11.5 Å². The molecule has 0 radical (unpaired) electrons. The molecule has 0 aliphatic carbocycles. The van der Waals surface area contributed by atoms with Gasteiger partial charge >= 0.3 is 5.97 Å². The van der Waals surface area contributed by atoms with E-state index in [1.54, 1.807) is 13.0 Å². The van der Waals surface area contributed by atoms with Gasteiger partial charge in [-0.2, -0.15) is 0 Å². The number of methoxy groups -OCH3 is 1. The summed E-state index contributed by atoms with van der Waals surface area (Å²) in [6, 6.07) is 6.09. The van der Waals surface area contributed by atoms with Gasteiger partial charge in [-0.25, -0.2) is 4.79 Å². The van der Waals surface area contributed by atoms with Gasteiger partial charge in [0.1, 0.15) is 18.7 Å². The van der Waals surface area contributed by atoms with E-state index in [1.807, 2.05) is 0 Å².